The number of rotatable bonds is 7. The highest BCUT2D eigenvalue weighted by molar-refractivity contribution is 6.30. The molecule has 4 heteroatoms. The number of nitrogens with one attached hydrogen (secondary N) is 2. The van der Waals surface area contributed by atoms with Gasteiger partial charge in [-0.25, -0.2) is 0 Å². The maximum Gasteiger partial charge on any atom is 0.119 e. The molecule has 0 aromatic heterocycles. The van der Waals surface area contributed by atoms with Crippen molar-refractivity contribution in [2.24, 2.45) is 0 Å². The topological polar surface area (TPSA) is 33.3 Å². The van der Waals surface area contributed by atoms with E-state index in [2.05, 4.69) is 31.4 Å². The molecule has 0 unspecified atom stereocenters. The summed E-state index contributed by atoms with van der Waals surface area (Å²) >= 11 is 5.79. The van der Waals surface area contributed by atoms with Crippen molar-refractivity contribution in [3.05, 3.63) is 29.3 Å². The Hall–Kier alpha value is -0.770. The van der Waals surface area contributed by atoms with Gasteiger partial charge < -0.3 is 15.4 Å². The van der Waals surface area contributed by atoms with Gasteiger partial charge in [0.15, 0.2) is 0 Å². The number of benzene rings is 1. The molecule has 0 saturated heterocycles. The van der Waals surface area contributed by atoms with Gasteiger partial charge in [0.1, 0.15) is 12.4 Å². The van der Waals surface area contributed by atoms with E-state index in [0.29, 0.717) is 6.61 Å². The van der Waals surface area contributed by atoms with Crippen LogP contribution in [-0.4, -0.2) is 31.8 Å². The van der Waals surface area contributed by atoms with Crippen LogP contribution in [-0.2, 0) is 0 Å². The van der Waals surface area contributed by atoms with Crippen LogP contribution in [0.1, 0.15) is 20.8 Å². The summed E-state index contributed by atoms with van der Waals surface area (Å²) in [4.78, 5) is 0. The summed E-state index contributed by atoms with van der Waals surface area (Å²) in [5, 5.41) is 7.48. The van der Waals surface area contributed by atoms with Crippen LogP contribution in [0, 0.1) is 0 Å². The fourth-order valence-electron chi connectivity index (χ4n) is 1.42. The van der Waals surface area contributed by atoms with Crippen LogP contribution < -0.4 is 15.4 Å². The molecule has 0 aliphatic heterocycles. The fourth-order valence-corrected chi connectivity index (χ4v) is 1.55. The Bertz CT molecular complexity index is 333. The van der Waals surface area contributed by atoms with Gasteiger partial charge in [-0.2, -0.15) is 0 Å². The second-order valence-corrected chi connectivity index (χ2v) is 5.67. The van der Waals surface area contributed by atoms with E-state index < -0.39 is 0 Å². The lowest BCUT2D eigenvalue weighted by Crippen LogP contribution is -2.40. The Morgan fingerprint density at radius 3 is 2.33 bits per heavy atom. The molecule has 0 aliphatic rings. The molecule has 3 nitrogen and oxygen atoms in total. The van der Waals surface area contributed by atoms with Crippen molar-refractivity contribution in [3.63, 3.8) is 0 Å². The van der Waals surface area contributed by atoms with Crippen molar-refractivity contribution in [2.45, 2.75) is 26.3 Å². The Balaban J connectivity index is 2.00. The molecule has 1 aromatic rings. The van der Waals surface area contributed by atoms with Crippen molar-refractivity contribution in [3.8, 4) is 5.75 Å². The largest absolute Gasteiger partial charge is 0.492 e. The molecule has 102 valence electrons. The average molecular weight is 271 g/mol. The summed E-state index contributed by atoms with van der Waals surface area (Å²) < 4.78 is 5.57. The average Bonchev–Trinajstić information content (AvgIpc) is 2.29. The minimum absolute atomic E-state index is 0.182. The number of halogens is 1. The van der Waals surface area contributed by atoms with E-state index in [1.54, 1.807) is 0 Å². The molecule has 0 spiro atoms. The van der Waals surface area contributed by atoms with Gasteiger partial charge >= 0.3 is 0 Å². The predicted octanol–water partition coefficient (Wildman–Crippen LogP) is 2.70. The van der Waals surface area contributed by atoms with Gasteiger partial charge in [0.2, 0.25) is 0 Å². The molecular formula is C14H23ClN2O. The Morgan fingerprint density at radius 1 is 1.06 bits per heavy atom. The van der Waals surface area contributed by atoms with Crippen LogP contribution in [0.5, 0.6) is 5.75 Å². The normalized spacial score (nSPS) is 11.6. The Labute approximate surface area is 115 Å². The molecule has 0 bridgehead atoms. The zero-order valence-electron chi connectivity index (χ0n) is 11.4. The lowest BCUT2D eigenvalue weighted by molar-refractivity contribution is 0.312. The molecular weight excluding hydrogens is 248 g/mol. The third kappa shape index (κ3) is 7.54. The Morgan fingerprint density at radius 2 is 1.72 bits per heavy atom. The molecule has 1 rings (SSSR count). The van der Waals surface area contributed by atoms with Crippen LogP contribution in [0.15, 0.2) is 24.3 Å². The third-order valence-electron chi connectivity index (χ3n) is 2.32. The quantitative estimate of drug-likeness (QED) is 0.748. The van der Waals surface area contributed by atoms with Crippen LogP contribution >= 0.6 is 11.6 Å². The van der Waals surface area contributed by atoms with E-state index in [0.717, 1.165) is 30.4 Å². The SMILES string of the molecule is CC(C)(C)NCCNCCOc1ccc(Cl)cc1. The molecule has 0 radical (unpaired) electrons. The maximum atomic E-state index is 5.79. The predicted molar refractivity (Wildman–Crippen MR) is 77.6 cm³/mol. The number of hydrogen-bond acceptors (Lipinski definition) is 3. The summed E-state index contributed by atoms with van der Waals surface area (Å²) in [5.74, 6) is 0.856. The van der Waals surface area contributed by atoms with E-state index >= 15 is 0 Å². The zero-order chi connectivity index (χ0) is 13.4. The first-order valence-electron chi connectivity index (χ1n) is 6.31. The summed E-state index contributed by atoms with van der Waals surface area (Å²) in [6.45, 7) is 9.90. The van der Waals surface area contributed by atoms with E-state index in [1.807, 2.05) is 24.3 Å². The van der Waals surface area contributed by atoms with E-state index in [9.17, 15) is 0 Å². The first-order chi connectivity index (χ1) is 8.47. The van der Waals surface area contributed by atoms with Gasteiger partial charge in [0.05, 0.1) is 0 Å². The van der Waals surface area contributed by atoms with Gasteiger partial charge in [-0.3, -0.25) is 0 Å². The van der Waals surface area contributed by atoms with Crippen molar-refractivity contribution >= 4 is 11.6 Å². The molecule has 0 atom stereocenters. The van der Waals surface area contributed by atoms with Crippen LogP contribution in [0.2, 0.25) is 5.02 Å². The molecule has 0 heterocycles. The number of ether oxygens (including phenoxy) is 1. The minimum Gasteiger partial charge on any atom is -0.492 e. The first kappa shape index (κ1) is 15.3. The lowest BCUT2D eigenvalue weighted by atomic mass is 10.1. The summed E-state index contributed by atoms with van der Waals surface area (Å²) in [5.41, 5.74) is 0.182. The molecule has 18 heavy (non-hydrogen) atoms. The fraction of sp³-hybridized carbons (Fsp3) is 0.571. The Kier molecular flexibility index (Phi) is 6.47. The van der Waals surface area contributed by atoms with Gasteiger partial charge in [-0.1, -0.05) is 11.6 Å². The van der Waals surface area contributed by atoms with Crippen molar-refractivity contribution in [1.29, 1.82) is 0 Å². The molecule has 0 fully saturated rings. The van der Waals surface area contributed by atoms with Crippen LogP contribution in [0.4, 0.5) is 0 Å². The second-order valence-electron chi connectivity index (χ2n) is 5.23. The van der Waals surface area contributed by atoms with Crippen molar-refractivity contribution < 1.29 is 4.74 Å². The lowest BCUT2D eigenvalue weighted by Gasteiger charge is -2.20. The molecule has 2 N–H and O–H groups in total. The van der Waals surface area contributed by atoms with Gasteiger partial charge in [-0.05, 0) is 45.0 Å². The zero-order valence-corrected chi connectivity index (χ0v) is 12.2. The van der Waals surface area contributed by atoms with Crippen LogP contribution in [0.25, 0.3) is 0 Å². The third-order valence-corrected chi connectivity index (χ3v) is 2.57. The van der Waals surface area contributed by atoms with E-state index in [4.69, 9.17) is 16.3 Å². The highest BCUT2D eigenvalue weighted by Gasteiger charge is 2.06. The van der Waals surface area contributed by atoms with Gasteiger partial charge in [-0.15, -0.1) is 0 Å². The molecule has 0 saturated carbocycles. The summed E-state index contributed by atoms with van der Waals surface area (Å²) in [6.07, 6.45) is 0. The molecule has 1 aromatic carbocycles. The summed E-state index contributed by atoms with van der Waals surface area (Å²) in [6, 6.07) is 7.42. The molecule has 0 amide bonds. The number of hydrogen-bond donors (Lipinski definition) is 2. The maximum absolute atomic E-state index is 5.79. The van der Waals surface area contributed by atoms with Gasteiger partial charge in [0, 0.05) is 30.2 Å². The summed E-state index contributed by atoms with van der Waals surface area (Å²) in [7, 11) is 0. The molecule has 0 aliphatic carbocycles. The smallest absolute Gasteiger partial charge is 0.119 e. The van der Waals surface area contributed by atoms with Crippen molar-refractivity contribution in [1.82, 2.24) is 10.6 Å². The second kappa shape index (κ2) is 7.62. The van der Waals surface area contributed by atoms with Crippen molar-refractivity contribution in [2.75, 3.05) is 26.2 Å². The standard InChI is InChI=1S/C14H23ClN2O/c1-14(2,3)17-9-8-16-10-11-18-13-6-4-12(15)5-7-13/h4-7,16-17H,8-11H2,1-3H3. The first-order valence-corrected chi connectivity index (χ1v) is 6.69. The highest BCUT2D eigenvalue weighted by Crippen LogP contribution is 2.14. The van der Waals surface area contributed by atoms with E-state index in [1.165, 1.54) is 0 Å². The van der Waals surface area contributed by atoms with Crippen LogP contribution in [0.3, 0.4) is 0 Å². The van der Waals surface area contributed by atoms with E-state index in [-0.39, 0.29) is 5.54 Å². The highest BCUT2D eigenvalue weighted by atomic mass is 35.5. The minimum atomic E-state index is 0.182. The monoisotopic (exact) mass is 270 g/mol. The van der Waals surface area contributed by atoms with Gasteiger partial charge in [0.25, 0.3) is 0 Å².